The van der Waals surface area contributed by atoms with Gasteiger partial charge in [-0.2, -0.15) is 5.10 Å². The predicted octanol–water partition coefficient (Wildman–Crippen LogP) is 3.41. The van der Waals surface area contributed by atoms with Gasteiger partial charge in [0, 0.05) is 29.4 Å². The molecule has 0 saturated carbocycles. The molecule has 0 radical (unpaired) electrons. The second-order valence-corrected chi connectivity index (χ2v) is 6.88. The molecule has 4 rings (SSSR count). The van der Waals surface area contributed by atoms with E-state index in [1.165, 1.54) is 5.56 Å². The lowest BCUT2D eigenvalue weighted by Gasteiger charge is -2.22. The number of pyridine rings is 1. The molecule has 6 nitrogen and oxygen atoms in total. The van der Waals surface area contributed by atoms with Crippen molar-refractivity contribution in [2.24, 2.45) is 10.8 Å². The van der Waals surface area contributed by atoms with E-state index in [0.717, 1.165) is 33.6 Å². The molecule has 6 heteroatoms. The van der Waals surface area contributed by atoms with Crippen molar-refractivity contribution in [2.45, 2.75) is 20.1 Å². The van der Waals surface area contributed by atoms with Gasteiger partial charge in [-0.3, -0.25) is 10.4 Å². The quantitative estimate of drug-likeness (QED) is 0.651. The molecule has 0 aliphatic carbocycles. The van der Waals surface area contributed by atoms with Crippen molar-refractivity contribution in [3.05, 3.63) is 77.1 Å². The molecule has 2 aromatic carbocycles. The van der Waals surface area contributed by atoms with Crippen molar-refractivity contribution < 1.29 is 9.84 Å². The van der Waals surface area contributed by atoms with Crippen LogP contribution in [0.15, 0.2) is 60.0 Å². The van der Waals surface area contributed by atoms with Gasteiger partial charge in [0.15, 0.2) is 6.23 Å². The first-order valence-electron chi connectivity index (χ1n) is 9.10. The normalized spacial score (nSPS) is 15.4. The highest BCUT2D eigenvalue weighted by molar-refractivity contribution is 6.04. The van der Waals surface area contributed by atoms with Gasteiger partial charge < -0.3 is 15.6 Å². The van der Waals surface area contributed by atoms with Gasteiger partial charge in [-0.15, -0.1) is 0 Å². The number of aryl methyl sites for hydroxylation is 2. The number of hydrogen-bond acceptors (Lipinski definition) is 6. The molecule has 4 N–H and O–H groups in total. The van der Waals surface area contributed by atoms with Crippen molar-refractivity contribution in [3.8, 4) is 22.6 Å². The first kappa shape index (κ1) is 18.2. The van der Waals surface area contributed by atoms with Crippen LogP contribution in [0, 0.1) is 13.8 Å². The molecular weight excluding hydrogens is 352 g/mol. The molecule has 1 atom stereocenters. The highest BCUT2D eigenvalue weighted by Gasteiger charge is 2.20. The summed E-state index contributed by atoms with van der Waals surface area (Å²) in [6.07, 6.45) is 2.64. The number of hydrogen-bond donors (Lipinski definition) is 3. The average molecular weight is 374 g/mol. The maximum absolute atomic E-state index is 10.1. The Labute approximate surface area is 163 Å². The number of rotatable bonds is 4. The van der Waals surface area contributed by atoms with E-state index in [0.29, 0.717) is 11.5 Å². The third-order valence-corrected chi connectivity index (χ3v) is 4.78. The van der Waals surface area contributed by atoms with Crippen LogP contribution in [0.2, 0.25) is 0 Å². The van der Waals surface area contributed by atoms with Gasteiger partial charge in [0.05, 0.1) is 11.9 Å². The number of nitrogens with zero attached hydrogens (tertiary/aromatic N) is 2. The highest BCUT2D eigenvalue weighted by Crippen LogP contribution is 2.31. The summed E-state index contributed by atoms with van der Waals surface area (Å²) < 4.78 is 6.04. The third-order valence-electron chi connectivity index (χ3n) is 4.78. The molecule has 0 bridgehead atoms. The Balaban J connectivity index is 1.68. The smallest absolute Gasteiger partial charge is 0.166 e. The predicted molar refractivity (Wildman–Crippen MR) is 109 cm³/mol. The molecule has 2 heterocycles. The highest BCUT2D eigenvalue weighted by atomic mass is 16.5. The second-order valence-electron chi connectivity index (χ2n) is 6.88. The Bertz CT molecular complexity index is 1060. The maximum Gasteiger partial charge on any atom is 0.166 e. The topological polar surface area (TPSA) is 92.8 Å². The first-order valence-corrected chi connectivity index (χ1v) is 9.10. The number of aliphatic hydroxyl groups is 1. The van der Waals surface area contributed by atoms with E-state index in [-0.39, 0.29) is 6.54 Å². The van der Waals surface area contributed by atoms with Crippen LogP contribution in [0.5, 0.6) is 11.5 Å². The summed E-state index contributed by atoms with van der Waals surface area (Å²) in [5.41, 5.74) is 14.9. The van der Waals surface area contributed by atoms with Gasteiger partial charge in [-0.05, 0) is 43.2 Å². The zero-order valence-electron chi connectivity index (χ0n) is 15.8. The van der Waals surface area contributed by atoms with E-state index in [1.54, 1.807) is 12.4 Å². The number of ether oxygens (including phenoxy) is 1. The van der Waals surface area contributed by atoms with Gasteiger partial charge >= 0.3 is 0 Å². The summed E-state index contributed by atoms with van der Waals surface area (Å²) in [5, 5.41) is 14.2. The van der Waals surface area contributed by atoms with Crippen LogP contribution in [-0.4, -0.2) is 22.3 Å². The fraction of sp³-hybridized carbons (Fsp3) is 0.182. The van der Waals surface area contributed by atoms with Gasteiger partial charge in [0.25, 0.3) is 0 Å². The Kier molecular flexibility index (Phi) is 4.81. The van der Waals surface area contributed by atoms with Crippen LogP contribution < -0.4 is 15.9 Å². The van der Waals surface area contributed by atoms with E-state index in [2.05, 4.69) is 28.5 Å². The minimum atomic E-state index is -0.836. The zero-order valence-corrected chi connectivity index (χ0v) is 15.8. The Hall–Kier alpha value is -3.22. The fourth-order valence-electron chi connectivity index (χ4n) is 3.32. The Morgan fingerprint density at radius 1 is 1.07 bits per heavy atom. The lowest BCUT2D eigenvalue weighted by Crippen LogP contribution is -2.29. The first-order chi connectivity index (χ1) is 13.5. The largest absolute Gasteiger partial charge is 0.455 e. The molecule has 1 aliphatic heterocycles. The lowest BCUT2D eigenvalue weighted by molar-refractivity contribution is 0.138. The van der Waals surface area contributed by atoms with Crippen LogP contribution in [0.25, 0.3) is 11.1 Å². The van der Waals surface area contributed by atoms with E-state index in [1.807, 2.05) is 43.3 Å². The van der Waals surface area contributed by atoms with Crippen LogP contribution in [0.3, 0.4) is 0 Å². The van der Waals surface area contributed by atoms with Crippen molar-refractivity contribution in [3.63, 3.8) is 0 Å². The fourth-order valence-corrected chi connectivity index (χ4v) is 3.32. The van der Waals surface area contributed by atoms with E-state index < -0.39 is 6.23 Å². The maximum atomic E-state index is 10.1. The second kappa shape index (κ2) is 7.42. The van der Waals surface area contributed by atoms with Gasteiger partial charge in [0.1, 0.15) is 11.5 Å². The summed E-state index contributed by atoms with van der Waals surface area (Å²) in [7, 11) is 0. The standard InChI is InChI=1S/C22H22N4O2/c1-13-3-6-21(14(2)7-13)28-17-8-16(11-24-12-17)15-4-5-18-19(9-15)20(10-23)25-26-22(18)27/h3-9,11-12,22,26-27H,10,23H2,1-2H3. The van der Waals surface area contributed by atoms with Crippen molar-refractivity contribution in [1.29, 1.82) is 0 Å². The number of nitrogens with two attached hydrogens (primary N) is 1. The third kappa shape index (κ3) is 3.47. The minimum absolute atomic E-state index is 0.282. The SMILES string of the molecule is Cc1ccc(Oc2cncc(-c3ccc4c(c3)C(CN)=NNC4O)c2)c(C)c1. The number of benzene rings is 2. The summed E-state index contributed by atoms with van der Waals surface area (Å²) in [6, 6.07) is 13.8. The lowest BCUT2D eigenvalue weighted by atomic mass is 9.95. The Morgan fingerprint density at radius 3 is 2.71 bits per heavy atom. The number of fused-ring (bicyclic) bond motifs is 1. The molecule has 3 aromatic rings. The molecule has 0 amide bonds. The monoisotopic (exact) mass is 374 g/mol. The molecule has 142 valence electrons. The average Bonchev–Trinajstić information content (AvgIpc) is 2.70. The molecule has 0 spiro atoms. The molecule has 1 aromatic heterocycles. The number of nitrogens with one attached hydrogen (secondary N) is 1. The Morgan fingerprint density at radius 2 is 1.93 bits per heavy atom. The summed E-state index contributed by atoms with van der Waals surface area (Å²) >= 11 is 0. The number of aromatic nitrogens is 1. The van der Waals surface area contributed by atoms with Crippen LogP contribution in [-0.2, 0) is 0 Å². The summed E-state index contributed by atoms with van der Waals surface area (Å²) in [4.78, 5) is 4.33. The molecular formula is C22H22N4O2. The van der Waals surface area contributed by atoms with Crippen molar-refractivity contribution in [2.75, 3.05) is 6.54 Å². The zero-order chi connectivity index (χ0) is 19.7. The van der Waals surface area contributed by atoms with Crippen molar-refractivity contribution in [1.82, 2.24) is 10.4 Å². The van der Waals surface area contributed by atoms with Crippen LogP contribution >= 0.6 is 0 Å². The van der Waals surface area contributed by atoms with Gasteiger partial charge in [0.2, 0.25) is 0 Å². The molecule has 0 saturated heterocycles. The van der Waals surface area contributed by atoms with E-state index >= 15 is 0 Å². The molecule has 1 aliphatic rings. The van der Waals surface area contributed by atoms with E-state index in [9.17, 15) is 5.11 Å². The van der Waals surface area contributed by atoms with Crippen LogP contribution in [0.1, 0.15) is 28.5 Å². The molecule has 1 unspecified atom stereocenters. The molecule has 28 heavy (non-hydrogen) atoms. The minimum Gasteiger partial charge on any atom is -0.455 e. The number of hydrazone groups is 1. The van der Waals surface area contributed by atoms with Gasteiger partial charge in [-0.1, -0.05) is 29.8 Å². The summed E-state index contributed by atoms with van der Waals surface area (Å²) in [6.45, 7) is 4.36. The number of aliphatic hydroxyl groups excluding tert-OH is 1. The van der Waals surface area contributed by atoms with E-state index in [4.69, 9.17) is 10.5 Å². The van der Waals surface area contributed by atoms with Crippen molar-refractivity contribution >= 4 is 5.71 Å². The summed E-state index contributed by atoms with van der Waals surface area (Å²) in [5.74, 6) is 1.47. The van der Waals surface area contributed by atoms with Crippen LogP contribution in [0.4, 0.5) is 0 Å². The van der Waals surface area contributed by atoms with Gasteiger partial charge in [-0.25, -0.2) is 0 Å². The molecule has 0 fully saturated rings.